The number of rotatable bonds is 2. The van der Waals surface area contributed by atoms with Gasteiger partial charge in [-0.2, -0.15) is 10.4 Å². The quantitative estimate of drug-likeness (QED) is 0.765. The summed E-state index contributed by atoms with van der Waals surface area (Å²) in [6.45, 7) is 5.22. The Labute approximate surface area is 120 Å². The standard InChI is InChI=1S/C17H21N3/c1-13-7-6-10-17(2,12-18)16(13)19-20-11-15(20)14-8-4-3-5-9-14/h3-5,8-9,13,15H,6-7,10-11H2,1-2H3. The Morgan fingerprint density at radius 3 is 2.80 bits per heavy atom. The van der Waals surface area contributed by atoms with Crippen molar-refractivity contribution in [2.24, 2.45) is 16.4 Å². The van der Waals surface area contributed by atoms with Crippen molar-refractivity contribution in [3.05, 3.63) is 35.9 Å². The van der Waals surface area contributed by atoms with Gasteiger partial charge in [-0.3, -0.25) is 5.01 Å². The van der Waals surface area contributed by atoms with Crippen molar-refractivity contribution in [3.63, 3.8) is 0 Å². The molecule has 0 N–H and O–H groups in total. The van der Waals surface area contributed by atoms with Gasteiger partial charge < -0.3 is 0 Å². The third kappa shape index (κ3) is 2.31. The van der Waals surface area contributed by atoms with E-state index in [1.165, 1.54) is 5.56 Å². The summed E-state index contributed by atoms with van der Waals surface area (Å²) >= 11 is 0. The Balaban J connectivity index is 1.80. The van der Waals surface area contributed by atoms with Gasteiger partial charge in [-0.15, -0.1) is 0 Å². The molecule has 1 aliphatic heterocycles. The zero-order valence-corrected chi connectivity index (χ0v) is 12.2. The fourth-order valence-corrected chi connectivity index (χ4v) is 3.22. The van der Waals surface area contributed by atoms with Crippen molar-refractivity contribution in [1.82, 2.24) is 5.01 Å². The third-order valence-corrected chi connectivity index (χ3v) is 4.60. The second-order valence-electron chi connectivity index (χ2n) is 6.27. The van der Waals surface area contributed by atoms with Gasteiger partial charge in [0.15, 0.2) is 0 Å². The number of hydrazone groups is 1. The van der Waals surface area contributed by atoms with Crippen LogP contribution >= 0.6 is 0 Å². The van der Waals surface area contributed by atoms with Gasteiger partial charge in [0.2, 0.25) is 0 Å². The molecule has 3 heteroatoms. The lowest BCUT2D eigenvalue weighted by atomic mass is 9.70. The van der Waals surface area contributed by atoms with E-state index < -0.39 is 0 Å². The van der Waals surface area contributed by atoms with Gasteiger partial charge in [-0.25, -0.2) is 0 Å². The largest absolute Gasteiger partial charge is 0.285 e. The maximum atomic E-state index is 9.51. The van der Waals surface area contributed by atoms with E-state index in [2.05, 4.69) is 42.3 Å². The van der Waals surface area contributed by atoms with E-state index in [4.69, 9.17) is 5.10 Å². The minimum absolute atomic E-state index is 0.374. The van der Waals surface area contributed by atoms with Gasteiger partial charge in [-0.05, 0) is 31.2 Å². The first kappa shape index (κ1) is 13.2. The van der Waals surface area contributed by atoms with Gasteiger partial charge in [0, 0.05) is 0 Å². The van der Waals surface area contributed by atoms with E-state index in [0.717, 1.165) is 31.5 Å². The minimum Gasteiger partial charge on any atom is -0.285 e. The fraction of sp³-hybridized carbons (Fsp3) is 0.529. The molecule has 1 saturated heterocycles. The van der Waals surface area contributed by atoms with Crippen molar-refractivity contribution in [1.29, 1.82) is 5.26 Å². The highest BCUT2D eigenvalue weighted by molar-refractivity contribution is 5.94. The molecule has 2 fully saturated rings. The van der Waals surface area contributed by atoms with Gasteiger partial charge in [0.25, 0.3) is 0 Å². The predicted octanol–water partition coefficient (Wildman–Crippen LogP) is 3.75. The number of hydrogen-bond acceptors (Lipinski definition) is 3. The van der Waals surface area contributed by atoms with Crippen molar-refractivity contribution in [2.45, 2.75) is 39.2 Å². The summed E-state index contributed by atoms with van der Waals surface area (Å²) in [5.74, 6) is 0.422. The van der Waals surface area contributed by atoms with Gasteiger partial charge in [0.1, 0.15) is 0 Å². The summed E-state index contributed by atoms with van der Waals surface area (Å²) in [7, 11) is 0. The van der Waals surface area contributed by atoms with Crippen LogP contribution in [0.25, 0.3) is 0 Å². The first-order valence-electron chi connectivity index (χ1n) is 7.46. The summed E-state index contributed by atoms with van der Waals surface area (Å²) < 4.78 is 0. The number of hydrogen-bond donors (Lipinski definition) is 0. The van der Waals surface area contributed by atoms with Crippen LogP contribution in [0.3, 0.4) is 0 Å². The molecule has 3 atom stereocenters. The Hall–Kier alpha value is -1.82. The van der Waals surface area contributed by atoms with Crippen LogP contribution in [0.15, 0.2) is 35.4 Å². The van der Waals surface area contributed by atoms with E-state index in [9.17, 15) is 5.26 Å². The molecular formula is C17H21N3. The Morgan fingerprint density at radius 2 is 2.10 bits per heavy atom. The second-order valence-corrected chi connectivity index (χ2v) is 6.27. The number of nitrogens with zero attached hydrogens (tertiary/aromatic N) is 3. The molecule has 0 amide bonds. The molecule has 0 bridgehead atoms. The number of benzene rings is 1. The smallest absolute Gasteiger partial charge is 0.0946 e. The van der Waals surface area contributed by atoms with E-state index in [0.29, 0.717) is 12.0 Å². The second kappa shape index (κ2) is 4.94. The average molecular weight is 267 g/mol. The highest BCUT2D eigenvalue weighted by Gasteiger charge is 2.41. The summed E-state index contributed by atoms with van der Waals surface area (Å²) in [4.78, 5) is 0. The zero-order chi connectivity index (χ0) is 14.2. The highest BCUT2D eigenvalue weighted by atomic mass is 15.6. The van der Waals surface area contributed by atoms with Gasteiger partial charge >= 0.3 is 0 Å². The normalized spacial score (nSPS) is 34.9. The van der Waals surface area contributed by atoms with Crippen LogP contribution in [0, 0.1) is 22.7 Å². The highest BCUT2D eigenvalue weighted by Crippen LogP contribution is 2.40. The molecule has 1 aromatic carbocycles. The molecule has 3 rings (SSSR count). The van der Waals surface area contributed by atoms with Gasteiger partial charge in [0.05, 0.1) is 29.8 Å². The van der Waals surface area contributed by atoms with Crippen LogP contribution in [0.2, 0.25) is 0 Å². The molecule has 0 spiro atoms. The molecule has 1 aromatic rings. The summed E-state index contributed by atoms with van der Waals surface area (Å²) in [5, 5.41) is 16.5. The molecule has 3 unspecified atom stereocenters. The SMILES string of the molecule is CC1CCCC(C)(C#N)C1=NN1CC1c1ccccc1. The lowest BCUT2D eigenvalue weighted by molar-refractivity contribution is 0.401. The molecule has 1 aliphatic carbocycles. The van der Waals surface area contributed by atoms with Crippen molar-refractivity contribution in [3.8, 4) is 6.07 Å². The van der Waals surface area contributed by atoms with E-state index in [1.54, 1.807) is 0 Å². The van der Waals surface area contributed by atoms with Crippen LogP contribution < -0.4 is 0 Å². The molecule has 0 aromatic heterocycles. The van der Waals surface area contributed by atoms with E-state index in [-0.39, 0.29) is 5.41 Å². The van der Waals surface area contributed by atoms with E-state index >= 15 is 0 Å². The summed E-state index contributed by atoms with van der Waals surface area (Å²) in [6, 6.07) is 13.4. The van der Waals surface area contributed by atoms with Gasteiger partial charge in [-0.1, -0.05) is 43.7 Å². The first-order valence-corrected chi connectivity index (χ1v) is 7.46. The molecule has 1 heterocycles. The molecule has 104 valence electrons. The monoisotopic (exact) mass is 267 g/mol. The van der Waals surface area contributed by atoms with Crippen LogP contribution in [-0.4, -0.2) is 17.3 Å². The maximum absolute atomic E-state index is 9.51. The maximum Gasteiger partial charge on any atom is 0.0946 e. The van der Waals surface area contributed by atoms with Crippen LogP contribution in [-0.2, 0) is 0 Å². The third-order valence-electron chi connectivity index (χ3n) is 4.60. The van der Waals surface area contributed by atoms with Crippen LogP contribution in [0.4, 0.5) is 0 Å². The zero-order valence-electron chi connectivity index (χ0n) is 12.2. The molecular weight excluding hydrogens is 246 g/mol. The molecule has 0 radical (unpaired) electrons. The topological polar surface area (TPSA) is 39.2 Å². The molecule has 1 saturated carbocycles. The fourth-order valence-electron chi connectivity index (χ4n) is 3.22. The summed E-state index contributed by atoms with van der Waals surface area (Å²) in [5.41, 5.74) is 2.03. The van der Waals surface area contributed by atoms with Crippen molar-refractivity contribution < 1.29 is 0 Å². The Bertz CT molecular complexity index is 557. The van der Waals surface area contributed by atoms with Crippen molar-refractivity contribution >= 4 is 5.71 Å². The average Bonchev–Trinajstić information content (AvgIpc) is 3.24. The van der Waals surface area contributed by atoms with Crippen molar-refractivity contribution in [2.75, 3.05) is 6.54 Å². The Kier molecular flexibility index (Phi) is 3.25. The lowest BCUT2D eigenvalue weighted by Crippen LogP contribution is -2.36. The predicted molar refractivity (Wildman–Crippen MR) is 80.1 cm³/mol. The van der Waals surface area contributed by atoms with Crippen LogP contribution in [0.5, 0.6) is 0 Å². The number of nitriles is 1. The molecule has 3 nitrogen and oxygen atoms in total. The Morgan fingerprint density at radius 1 is 1.35 bits per heavy atom. The van der Waals surface area contributed by atoms with Crippen LogP contribution in [0.1, 0.15) is 44.7 Å². The first-order chi connectivity index (χ1) is 9.64. The minimum atomic E-state index is -0.374. The summed E-state index contributed by atoms with van der Waals surface area (Å²) in [6.07, 6.45) is 3.23. The molecule has 2 aliphatic rings. The van der Waals surface area contributed by atoms with E-state index in [1.807, 2.05) is 13.0 Å². The lowest BCUT2D eigenvalue weighted by Gasteiger charge is -2.33. The molecule has 20 heavy (non-hydrogen) atoms.